The average molecular weight is 297 g/mol. The highest BCUT2D eigenvalue weighted by Crippen LogP contribution is 2.31. The Balaban J connectivity index is 2.15. The van der Waals surface area contributed by atoms with E-state index >= 15 is 0 Å². The molecule has 0 saturated carbocycles. The van der Waals surface area contributed by atoms with Crippen LogP contribution in [-0.2, 0) is 16.0 Å². The number of carboxylic acids is 1. The van der Waals surface area contributed by atoms with Gasteiger partial charge in [-0.25, -0.2) is 9.18 Å². The maximum Gasteiger partial charge on any atom is 0.327 e. The molecule has 2 atom stereocenters. The molecule has 4 nitrogen and oxygen atoms in total. The van der Waals surface area contributed by atoms with Gasteiger partial charge in [-0.2, -0.15) is 0 Å². The van der Waals surface area contributed by atoms with Crippen molar-refractivity contribution >= 4 is 23.6 Å². The molecule has 1 amide bonds. The van der Waals surface area contributed by atoms with Crippen molar-refractivity contribution in [1.82, 2.24) is 4.90 Å². The van der Waals surface area contributed by atoms with Crippen LogP contribution in [0.4, 0.5) is 4.39 Å². The van der Waals surface area contributed by atoms with Crippen molar-refractivity contribution in [2.75, 3.05) is 5.75 Å². The van der Waals surface area contributed by atoms with Crippen molar-refractivity contribution < 1.29 is 19.1 Å². The molecule has 20 heavy (non-hydrogen) atoms. The number of rotatable bonds is 4. The zero-order chi connectivity index (χ0) is 14.7. The van der Waals surface area contributed by atoms with Crippen molar-refractivity contribution in [3.05, 3.63) is 35.6 Å². The largest absolute Gasteiger partial charge is 0.480 e. The standard InChI is InChI=1S/C14H16FNO3S/c1-2-13-16(11(8-20-13)14(18)19)12(17)7-9-4-3-5-10(15)6-9/h3-6,11,13H,2,7-8H2,1H3,(H,18,19). The quantitative estimate of drug-likeness (QED) is 0.925. The van der Waals surface area contributed by atoms with E-state index in [-0.39, 0.29) is 17.7 Å². The van der Waals surface area contributed by atoms with Gasteiger partial charge in [0.1, 0.15) is 11.9 Å². The molecule has 1 N–H and O–H groups in total. The first-order chi connectivity index (χ1) is 9.52. The summed E-state index contributed by atoms with van der Waals surface area (Å²) in [6.07, 6.45) is 0.724. The number of aliphatic carboxylic acids is 1. The fraction of sp³-hybridized carbons (Fsp3) is 0.429. The smallest absolute Gasteiger partial charge is 0.327 e. The lowest BCUT2D eigenvalue weighted by molar-refractivity contribution is -0.148. The maximum absolute atomic E-state index is 13.1. The summed E-state index contributed by atoms with van der Waals surface area (Å²) >= 11 is 1.48. The molecule has 1 saturated heterocycles. The van der Waals surface area contributed by atoms with Crippen molar-refractivity contribution in [1.29, 1.82) is 0 Å². The molecule has 0 aromatic heterocycles. The van der Waals surface area contributed by atoms with Gasteiger partial charge < -0.3 is 10.0 Å². The molecule has 0 spiro atoms. The summed E-state index contributed by atoms with van der Waals surface area (Å²) in [4.78, 5) is 25.0. The van der Waals surface area contributed by atoms with Crippen molar-refractivity contribution in [3.8, 4) is 0 Å². The first-order valence-corrected chi connectivity index (χ1v) is 7.47. The number of thioether (sulfide) groups is 1. The van der Waals surface area contributed by atoms with Gasteiger partial charge in [0.25, 0.3) is 0 Å². The van der Waals surface area contributed by atoms with E-state index in [9.17, 15) is 19.1 Å². The van der Waals surface area contributed by atoms with Crippen LogP contribution in [0.3, 0.4) is 0 Å². The predicted octanol–water partition coefficient (Wildman–Crippen LogP) is 2.13. The molecule has 1 aromatic rings. The number of amides is 1. The topological polar surface area (TPSA) is 57.6 Å². The highest BCUT2D eigenvalue weighted by Gasteiger charge is 2.40. The summed E-state index contributed by atoms with van der Waals surface area (Å²) in [7, 11) is 0. The first kappa shape index (κ1) is 14.8. The number of carbonyl (C=O) groups is 2. The molecule has 1 heterocycles. The minimum absolute atomic E-state index is 0.0264. The second-order valence-corrected chi connectivity index (χ2v) is 5.87. The molecular formula is C14H16FNO3S. The third kappa shape index (κ3) is 3.12. The zero-order valence-corrected chi connectivity index (χ0v) is 11.9. The van der Waals surface area contributed by atoms with Gasteiger partial charge in [0.2, 0.25) is 5.91 Å². The Bertz CT molecular complexity index is 523. The molecule has 2 rings (SSSR count). The normalized spacial score (nSPS) is 22.0. The Morgan fingerprint density at radius 2 is 2.25 bits per heavy atom. The van der Waals surface area contributed by atoms with Crippen LogP contribution < -0.4 is 0 Å². The number of hydrogen-bond donors (Lipinski definition) is 1. The SMILES string of the molecule is CCC1SCC(C(=O)O)N1C(=O)Cc1cccc(F)c1. The van der Waals surface area contributed by atoms with Crippen molar-refractivity contribution in [2.24, 2.45) is 0 Å². The monoisotopic (exact) mass is 297 g/mol. The summed E-state index contributed by atoms with van der Waals surface area (Å²) in [6, 6.07) is 5.04. The first-order valence-electron chi connectivity index (χ1n) is 6.43. The predicted molar refractivity (Wildman–Crippen MR) is 74.9 cm³/mol. The highest BCUT2D eigenvalue weighted by molar-refractivity contribution is 8.00. The summed E-state index contributed by atoms with van der Waals surface area (Å²) in [5.41, 5.74) is 0.561. The molecule has 2 unspecified atom stereocenters. The minimum Gasteiger partial charge on any atom is -0.480 e. The van der Waals surface area contributed by atoms with E-state index in [1.807, 2.05) is 6.92 Å². The maximum atomic E-state index is 13.1. The molecule has 1 fully saturated rings. The van der Waals surface area contributed by atoms with E-state index in [4.69, 9.17) is 0 Å². The lowest BCUT2D eigenvalue weighted by atomic mass is 10.1. The van der Waals surface area contributed by atoms with Crippen LogP contribution in [0.25, 0.3) is 0 Å². The van der Waals surface area contributed by atoms with Crippen molar-refractivity contribution in [2.45, 2.75) is 31.2 Å². The minimum atomic E-state index is -0.985. The molecule has 1 aliphatic rings. The van der Waals surface area contributed by atoms with E-state index in [1.165, 1.54) is 28.8 Å². The van der Waals surface area contributed by atoms with Gasteiger partial charge in [-0.05, 0) is 24.1 Å². The summed E-state index contributed by atoms with van der Waals surface area (Å²) in [6.45, 7) is 1.92. The number of carbonyl (C=O) groups excluding carboxylic acids is 1. The van der Waals surface area contributed by atoms with Gasteiger partial charge in [-0.3, -0.25) is 4.79 Å². The molecule has 108 valence electrons. The van der Waals surface area contributed by atoms with Gasteiger partial charge >= 0.3 is 5.97 Å². The third-order valence-corrected chi connectivity index (χ3v) is 4.71. The number of benzene rings is 1. The Kier molecular flexibility index (Phi) is 4.65. The Hall–Kier alpha value is -1.56. The molecule has 0 aliphatic carbocycles. The van der Waals surface area contributed by atoms with Gasteiger partial charge in [-0.15, -0.1) is 11.8 Å². The van der Waals surface area contributed by atoms with Gasteiger partial charge in [0.15, 0.2) is 0 Å². The van der Waals surface area contributed by atoms with Gasteiger partial charge in [0.05, 0.1) is 11.8 Å². The number of carboxylic acid groups (broad SMARTS) is 1. The summed E-state index contributed by atoms with van der Waals surface area (Å²) in [5.74, 6) is -1.24. The van der Waals surface area contributed by atoms with E-state index in [2.05, 4.69) is 0 Å². The molecule has 0 radical (unpaired) electrons. The van der Waals surface area contributed by atoms with Gasteiger partial charge in [-0.1, -0.05) is 19.1 Å². The average Bonchev–Trinajstić information content (AvgIpc) is 2.82. The van der Waals surface area contributed by atoms with E-state index in [0.717, 1.165) is 0 Å². The van der Waals surface area contributed by atoms with Gasteiger partial charge in [0, 0.05) is 5.75 Å². The van der Waals surface area contributed by atoms with Crippen LogP contribution in [0.5, 0.6) is 0 Å². The third-order valence-electron chi connectivity index (χ3n) is 3.26. The van der Waals surface area contributed by atoms with Crippen molar-refractivity contribution in [3.63, 3.8) is 0 Å². The zero-order valence-electron chi connectivity index (χ0n) is 11.1. The molecule has 0 bridgehead atoms. The Morgan fingerprint density at radius 3 is 2.85 bits per heavy atom. The molecule has 6 heteroatoms. The Labute approximate surface area is 121 Å². The number of halogens is 1. The lowest BCUT2D eigenvalue weighted by Crippen LogP contribution is -2.46. The van der Waals surface area contributed by atoms with E-state index < -0.39 is 17.8 Å². The van der Waals surface area contributed by atoms with Crippen LogP contribution >= 0.6 is 11.8 Å². The van der Waals surface area contributed by atoms with Crippen LogP contribution in [0.1, 0.15) is 18.9 Å². The number of nitrogens with zero attached hydrogens (tertiary/aromatic N) is 1. The number of hydrogen-bond acceptors (Lipinski definition) is 3. The fourth-order valence-corrected chi connectivity index (χ4v) is 3.68. The second-order valence-electron chi connectivity index (χ2n) is 4.66. The van der Waals surface area contributed by atoms with E-state index in [0.29, 0.717) is 17.7 Å². The Morgan fingerprint density at radius 1 is 1.50 bits per heavy atom. The lowest BCUT2D eigenvalue weighted by Gasteiger charge is -2.26. The molecule has 1 aromatic carbocycles. The van der Waals surface area contributed by atoms with Crippen LogP contribution in [0.2, 0.25) is 0 Å². The van der Waals surface area contributed by atoms with Crippen LogP contribution in [0.15, 0.2) is 24.3 Å². The van der Waals surface area contributed by atoms with Crippen LogP contribution in [-0.4, -0.2) is 39.1 Å². The second kappa shape index (κ2) is 6.26. The van der Waals surface area contributed by atoms with Crippen LogP contribution in [0, 0.1) is 5.82 Å². The summed E-state index contributed by atoms with van der Waals surface area (Å²) in [5, 5.41) is 9.08. The highest BCUT2D eigenvalue weighted by atomic mass is 32.2. The fourth-order valence-electron chi connectivity index (χ4n) is 2.32. The van der Waals surface area contributed by atoms with E-state index in [1.54, 1.807) is 12.1 Å². The molecule has 1 aliphatic heterocycles. The molecular weight excluding hydrogens is 281 g/mol. The summed E-state index contributed by atoms with van der Waals surface area (Å²) < 4.78 is 13.1.